The number of para-hydroxylation sites is 4. The second kappa shape index (κ2) is 14.7. The van der Waals surface area contributed by atoms with Gasteiger partial charge in [0.1, 0.15) is 0 Å². The molecule has 0 bridgehead atoms. The maximum atomic E-state index is 2.48. The number of hydrogen-bond acceptors (Lipinski definition) is 2. The van der Waals surface area contributed by atoms with Crippen molar-refractivity contribution in [1.29, 1.82) is 0 Å². The molecular weight excluding hydrogens is 797 g/mol. The van der Waals surface area contributed by atoms with Crippen molar-refractivity contribution >= 4 is 34.1 Å². The number of benzene rings is 10. The average molecular weight is 843 g/mol. The minimum Gasteiger partial charge on any atom is -0.310 e. The Morgan fingerprint density at radius 2 is 0.803 bits per heavy atom. The fourth-order valence-corrected chi connectivity index (χ4v) is 11.7. The predicted molar refractivity (Wildman–Crippen MR) is 275 cm³/mol. The number of hydrogen-bond donors (Lipinski definition) is 0. The summed E-state index contributed by atoms with van der Waals surface area (Å²) in [6, 6.07) is 90.0. The van der Waals surface area contributed by atoms with Gasteiger partial charge in [-0.05, 0) is 133 Å². The highest BCUT2D eigenvalue weighted by Gasteiger charge is 2.51. The largest absolute Gasteiger partial charge is 0.310 e. The van der Waals surface area contributed by atoms with E-state index < -0.39 is 5.41 Å². The lowest BCUT2D eigenvalue weighted by molar-refractivity contribution is 0.660. The Kier molecular flexibility index (Phi) is 8.51. The Balaban J connectivity index is 0.971. The lowest BCUT2D eigenvalue weighted by atomic mass is 9.64. The van der Waals surface area contributed by atoms with Crippen LogP contribution in [0.2, 0.25) is 0 Å². The first-order chi connectivity index (χ1) is 32.5. The van der Waals surface area contributed by atoms with Crippen molar-refractivity contribution in [2.24, 2.45) is 0 Å². The van der Waals surface area contributed by atoms with E-state index in [2.05, 4.69) is 266 Å². The highest BCUT2D eigenvalue weighted by molar-refractivity contribution is 5.97. The van der Waals surface area contributed by atoms with Crippen LogP contribution >= 0.6 is 0 Å². The lowest BCUT2D eigenvalue weighted by Gasteiger charge is -2.45. The minimum atomic E-state index is -0.515. The molecule has 0 N–H and O–H groups in total. The van der Waals surface area contributed by atoms with E-state index in [1.54, 1.807) is 0 Å². The topological polar surface area (TPSA) is 6.48 Å². The molecule has 0 unspecified atom stereocenters. The normalized spacial score (nSPS) is 14.1. The SMILES string of the molecule is CC1(C)c2ccccc2-c2ccc(N(c3ccc(-c4ccc5c(c4)C4(c6ccccc6-5)c5ccccc5N(c5ccccc5)c5ccccc54)cc3)c3ccccc3-c3ccccc3)cc21. The summed E-state index contributed by atoms with van der Waals surface area (Å²) in [4.78, 5) is 4.90. The molecular formula is C64H46N2. The summed E-state index contributed by atoms with van der Waals surface area (Å²) < 4.78 is 0. The Hall–Kier alpha value is -8.20. The van der Waals surface area contributed by atoms with E-state index >= 15 is 0 Å². The molecule has 10 aromatic carbocycles. The van der Waals surface area contributed by atoms with Crippen LogP contribution in [0.1, 0.15) is 47.2 Å². The second-order valence-electron chi connectivity index (χ2n) is 18.4. The fourth-order valence-electron chi connectivity index (χ4n) is 11.7. The van der Waals surface area contributed by atoms with Gasteiger partial charge in [-0.15, -0.1) is 0 Å². The summed E-state index contributed by atoms with van der Waals surface area (Å²) in [7, 11) is 0. The van der Waals surface area contributed by atoms with E-state index in [0.29, 0.717) is 0 Å². The van der Waals surface area contributed by atoms with E-state index in [9.17, 15) is 0 Å². The van der Waals surface area contributed by atoms with Crippen LogP contribution < -0.4 is 9.80 Å². The molecule has 66 heavy (non-hydrogen) atoms. The van der Waals surface area contributed by atoms with Crippen LogP contribution in [0.5, 0.6) is 0 Å². The first kappa shape index (κ1) is 38.3. The zero-order chi connectivity index (χ0) is 44.0. The smallest absolute Gasteiger partial charge is 0.0754 e. The van der Waals surface area contributed by atoms with E-state index in [-0.39, 0.29) is 5.41 Å². The molecule has 0 aromatic heterocycles. The lowest BCUT2D eigenvalue weighted by Crippen LogP contribution is -2.36. The number of anilines is 6. The van der Waals surface area contributed by atoms with Crippen molar-refractivity contribution in [2.45, 2.75) is 24.7 Å². The average Bonchev–Trinajstić information content (AvgIpc) is 3.80. The Bertz CT molecular complexity index is 3460. The second-order valence-corrected chi connectivity index (χ2v) is 18.4. The van der Waals surface area contributed by atoms with Gasteiger partial charge in [-0.3, -0.25) is 0 Å². The van der Waals surface area contributed by atoms with Crippen LogP contribution in [0.15, 0.2) is 243 Å². The van der Waals surface area contributed by atoms with Gasteiger partial charge in [0.15, 0.2) is 0 Å². The third-order valence-electron chi connectivity index (χ3n) is 14.7. The minimum absolute atomic E-state index is 0.125. The summed E-state index contributed by atoms with van der Waals surface area (Å²) >= 11 is 0. The predicted octanol–water partition coefficient (Wildman–Crippen LogP) is 16.9. The van der Waals surface area contributed by atoms with Crippen LogP contribution in [-0.2, 0) is 10.8 Å². The van der Waals surface area contributed by atoms with E-state index in [1.165, 1.54) is 89.3 Å². The van der Waals surface area contributed by atoms with Gasteiger partial charge in [0, 0.05) is 28.0 Å². The van der Waals surface area contributed by atoms with Crippen LogP contribution in [0.25, 0.3) is 44.5 Å². The molecule has 0 amide bonds. The van der Waals surface area contributed by atoms with Crippen LogP contribution in [0.4, 0.5) is 34.1 Å². The van der Waals surface area contributed by atoms with Gasteiger partial charge in [0.25, 0.3) is 0 Å². The highest BCUT2D eigenvalue weighted by Crippen LogP contribution is 2.63. The van der Waals surface area contributed by atoms with Gasteiger partial charge in [-0.25, -0.2) is 0 Å². The summed E-state index contributed by atoms with van der Waals surface area (Å²) in [5, 5.41) is 0. The maximum absolute atomic E-state index is 2.48. The first-order valence-electron chi connectivity index (χ1n) is 23.1. The molecule has 2 nitrogen and oxygen atoms in total. The standard InChI is InChI=1S/C64H46N2/c1-63(2)54-26-12-9-24-50(54)52-40-38-48(42-58(52)63)65(60-30-16-11-23-49(60)44-19-5-3-6-20-44)47-36-33-43(34-37-47)45-35-39-53-51-25-10-13-27-55(51)64(59(53)41-45)56-28-14-17-31-61(56)66(46-21-7-4-8-22-46)62-32-18-15-29-57(62)64/h3-42H,1-2H3. The molecule has 0 fully saturated rings. The van der Waals surface area contributed by atoms with E-state index in [1.807, 2.05) is 0 Å². The molecule has 13 rings (SSSR count). The van der Waals surface area contributed by atoms with Crippen molar-refractivity contribution in [1.82, 2.24) is 0 Å². The van der Waals surface area contributed by atoms with Crippen LogP contribution in [0, 0.1) is 0 Å². The summed E-state index contributed by atoms with van der Waals surface area (Å²) in [6.07, 6.45) is 0. The Morgan fingerprint density at radius 1 is 0.318 bits per heavy atom. The van der Waals surface area contributed by atoms with Gasteiger partial charge >= 0.3 is 0 Å². The fraction of sp³-hybridized carbons (Fsp3) is 0.0625. The van der Waals surface area contributed by atoms with E-state index in [0.717, 1.165) is 22.7 Å². The Morgan fingerprint density at radius 3 is 1.50 bits per heavy atom. The molecule has 1 heterocycles. The summed E-state index contributed by atoms with van der Waals surface area (Å²) in [5.74, 6) is 0. The van der Waals surface area contributed by atoms with Crippen molar-refractivity contribution < 1.29 is 0 Å². The highest BCUT2D eigenvalue weighted by atomic mass is 15.2. The van der Waals surface area contributed by atoms with Crippen molar-refractivity contribution in [2.75, 3.05) is 9.80 Å². The summed E-state index contributed by atoms with van der Waals surface area (Å²) in [5.41, 5.74) is 24.2. The molecule has 1 spiro atoms. The van der Waals surface area contributed by atoms with Crippen molar-refractivity contribution in [3.63, 3.8) is 0 Å². The molecule has 312 valence electrons. The summed E-state index contributed by atoms with van der Waals surface area (Å²) in [6.45, 7) is 4.73. The van der Waals surface area contributed by atoms with Crippen molar-refractivity contribution in [3.05, 3.63) is 276 Å². The number of nitrogens with zero attached hydrogens (tertiary/aromatic N) is 2. The zero-order valence-electron chi connectivity index (χ0n) is 37.0. The molecule has 0 saturated carbocycles. The molecule has 0 radical (unpaired) electrons. The van der Waals surface area contributed by atoms with Gasteiger partial charge in [-0.1, -0.05) is 196 Å². The van der Waals surface area contributed by atoms with Crippen LogP contribution in [-0.4, -0.2) is 0 Å². The van der Waals surface area contributed by atoms with E-state index in [4.69, 9.17) is 0 Å². The molecule has 10 aromatic rings. The van der Waals surface area contributed by atoms with Crippen LogP contribution in [0.3, 0.4) is 0 Å². The third kappa shape index (κ3) is 5.48. The molecule has 3 aliphatic rings. The van der Waals surface area contributed by atoms with Gasteiger partial charge in [0.2, 0.25) is 0 Å². The molecule has 2 aliphatic carbocycles. The van der Waals surface area contributed by atoms with Gasteiger partial charge in [0.05, 0.1) is 22.5 Å². The molecule has 1 aliphatic heterocycles. The monoisotopic (exact) mass is 842 g/mol. The maximum Gasteiger partial charge on any atom is 0.0754 e. The molecule has 2 heteroatoms. The number of rotatable bonds is 6. The van der Waals surface area contributed by atoms with Gasteiger partial charge < -0.3 is 9.80 Å². The Labute approximate surface area is 387 Å². The van der Waals surface area contributed by atoms with Crippen molar-refractivity contribution in [3.8, 4) is 44.5 Å². The molecule has 0 atom stereocenters. The molecule has 0 saturated heterocycles. The van der Waals surface area contributed by atoms with Gasteiger partial charge in [-0.2, -0.15) is 0 Å². The number of fused-ring (bicyclic) bond motifs is 12. The quantitative estimate of drug-likeness (QED) is 0.165. The first-order valence-corrected chi connectivity index (χ1v) is 23.1. The zero-order valence-corrected chi connectivity index (χ0v) is 37.0. The third-order valence-corrected chi connectivity index (χ3v) is 14.7.